The first kappa shape index (κ1) is 17.9. The SMILES string of the molecule is COc1ccccc1/C=C/C=C/C(=O)c1ccc(OC)c([N+](=O)[O-])c1. The number of allylic oxidation sites excluding steroid dienone is 3. The van der Waals surface area contributed by atoms with Crippen LogP contribution in [0.5, 0.6) is 11.5 Å². The van der Waals surface area contributed by atoms with Crippen LogP contribution in [0.3, 0.4) is 0 Å². The maximum Gasteiger partial charge on any atom is 0.311 e. The second-order valence-corrected chi connectivity index (χ2v) is 4.97. The van der Waals surface area contributed by atoms with Gasteiger partial charge in [-0.05, 0) is 24.3 Å². The molecule has 0 amide bonds. The number of hydrogen-bond acceptors (Lipinski definition) is 5. The Morgan fingerprint density at radius 3 is 2.44 bits per heavy atom. The fourth-order valence-electron chi connectivity index (χ4n) is 2.19. The van der Waals surface area contributed by atoms with Gasteiger partial charge in [0.25, 0.3) is 0 Å². The van der Waals surface area contributed by atoms with Crippen LogP contribution in [0.25, 0.3) is 6.08 Å². The predicted octanol–water partition coefficient (Wildman–Crippen LogP) is 4.06. The highest BCUT2D eigenvalue weighted by Crippen LogP contribution is 2.27. The summed E-state index contributed by atoms with van der Waals surface area (Å²) in [5.74, 6) is 0.501. The number of ether oxygens (including phenoxy) is 2. The van der Waals surface area contributed by atoms with Crippen molar-refractivity contribution in [1.29, 1.82) is 0 Å². The van der Waals surface area contributed by atoms with Gasteiger partial charge in [0.2, 0.25) is 0 Å². The molecule has 0 fully saturated rings. The monoisotopic (exact) mass is 339 g/mol. The van der Waals surface area contributed by atoms with Gasteiger partial charge in [-0.3, -0.25) is 14.9 Å². The standard InChI is InChI=1S/C19H17NO5/c1-24-18-10-6-4-8-14(18)7-3-5-9-17(21)15-11-12-19(25-2)16(13-15)20(22)23/h3-13H,1-2H3/b7-3+,9-5+. The van der Waals surface area contributed by atoms with E-state index < -0.39 is 4.92 Å². The lowest BCUT2D eigenvalue weighted by Gasteiger charge is -2.03. The zero-order valence-corrected chi connectivity index (χ0v) is 13.8. The Morgan fingerprint density at radius 1 is 1.04 bits per heavy atom. The largest absolute Gasteiger partial charge is 0.496 e. The minimum atomic E-state index is -0.582. The van der Waals surface area contributed by atoms with E-state index in [9.17, 15) is 14.9 Å². The van der Waals surface area contributed by atoms with E-state index in [0.29, 0.717) is 0 Å². The van der Waals surface area contributed by atoms with Gasteiger partial charge in [0.05, 0.1) is 19.1 Å². The number of nitro groups is 1. The molecule has 0 heterocycles. The van der Waals surface area contributed by atoms with Crippen LogP contribution >= 0.6 is 0 Å². The van der Waals surface area contributed by atoms with Crippen LogP contribution in [0.15, 0.2) is 60.7 Å². The van der Waals surface area contributed by atoms with E-state index in [2.05, 4.69) is 0 Å². The summed E-state index contributed by atoms with van der Waals surface area (Å²) in [7, 11) is 2.93. The van der Waals surface area contributed by atoms with Gasteiger partial charge < -0.3 is 9.47 Å². The summed E-state index contributed by atoms with van der Waals surface area (Å²) in [5, 5.41) is 11.0. The lowest BCUT2D eigenvalue weighted by molar-refractivity contribution is -0.385. The third kappa shape index (κ3) is 4.54. The fraction of sp³-hybridized carbons (Fsp3) is 0.105. The number of carbonyl (C=O) groups excluding carboxylic acids is 1. The molecule has 0 spiro atoms. The average molecular weight is 339 g/mol. The van der Waals surface area contributed by atoms with Crippen molar-refractivity contribution in [2.75, 3.05) is 14.2 Å². The molecule has 0 saturated heterocycles. The first-order valence-electron chi connectivity index (χ1n) is 7.41. The van der Waals surface area contributed by atoms with Crippen molar-refractivity contribution in [2.24, 2.45) is 0 Å². The molecule has 2 aromatic rings. The first-order valence-corrected chi connectivity index (χ1v) is 7.41. The molecular weight excluding hydrogens is 322 g/mol. The van der Waals surface area contributed by atoms with Gasteiger partial charge in [0.15, 0.2) is 11.5 Å². The Hall–Kier alpha value is -3.41. The zero-order valence-electron chi connectivity index (χ0n) is 13.8. The molecule has 0 bridgehead atoms. The molecule has 0 aliphatic heterocycles. The summed E-state index contributed by atoms with van der Waals surface area (Å²) < 4.78 is 10.1. The number of ketones is 1. The number of methoxy groups -OCH3 is 2. The summed E-state index contributed by atoms with van der Waals surface area (Å²) in [4.78, 5) is 22.6. The third-order valence-electron chi connectivity index (χ3n) is 3.43. The van der Waals surface area contributed by atoms with E-state index in [0.717, 1.165) is 11.3 Å². The highest BCUT2D eigenvalue weighted by Gasteiger charge is 2.16. The zero-order chi connectivity index (χ0) is 18.2. The van der Waals surface area contributed by atoms with Gasteiger partial charge in [-0.25, -0.2) is 0 Å². The summed E-state index contributed by atoms with van der Waals surface area (Å²) in [6.07, 6.45) is 6.43. The van der Waals surface area contributed by atoms with Crippen LogP contribution in [0.4, 0.5) is 5.69 Å². The molecule has 0 radical (unpaired) electrons. The van der Waals surface area contributed by atoms with E-state index >= 15 is 0 Å². The van der Waals surface area contributed by atoms with E-state index in [-0.39, 0.29) is 22.8 Å². The van der Waals surface area contributed by atoms with E-state index in [4.69, 9.17) is 9.47 Å². The number of rotatable bonds is 7. The van der Waals surface area contributed by atoms with Crippen molar-refractivity contribution in [2.45, 2.75) is 0 Å². The molecule has 0 saturated carbocycles. The summed E-state index contributed by atoms with van der Waals surface area (Å²) in [6, 6.07) is 11.6. The van der Waals surface area contributed by atoms with Crippen LogP contribution in [0.1, 0.15) is 15.9 Å². The first-order chi connectivity index (χ1) is 12.1. The molecule has 0 aromatic heterocycles. The normalized spacial score (nSPS) is 11.0. The second-order valence-electron chi connectivity index (χ2n) is 4.97. The Kier molecular flexibility index (Phi) is 6.06. The number of nitro benzene ring substituents is 1. The molecule has 6 nitrogen and oxygen atoms in total. The van der Waals surface area contributed by atoms with Gasteiger partial charge in [0, 0.05) is 17.2 Å². The van der Waals surface area contributed by atoms with Crippen molar-refractivity contribution in [1.82, 2.24) is 0 Å². The topological polar surface area (TPSA) is 78.7 Å². The minimum absolute atomic E-state index is 0.113. The van der Waals surface area contributed by atoms with Crippen LogP contribution in [-0.2, 0) is 0 Å². The molecule has 6 heteroatoms. The third-order valence-corrected chi connectivity index (χ3v) is 3.43. The maximum atomic E-state index is 12.1. The molecule has 0 atom stereocenters. The average Bonchev–Trinajstić information content (AvgIpc) is 2.64. The maximum absolute atomic E-state index is 12.1. The number of carbonyl (C=O) groups is 1. The number of para-hydroxylation sites is 1. The van der Waals surface area contributed by atoms with E-state index in [1.807, 2.05) is 24.3 Å². The Balaban J connectivity index is 2.14. The van der Waals surface area contributed by atoms with Gasteiger partial charge >= 0.3 is 5.69 Å². The molecule has 0 N–H and O–H groups in total. The highest BCUT2D eigenvalue weighted by atomic mass is 16.6. The van der Waals surface area contributed by atoms with Gasteiger partial charge in [-0.15, -0.1) is 0 Å². The van der Waals surface area contributed by atoms with E-state index in [1.54, 1.807) is 25.3 Å². The molecule has 0 unspecified atom stereocenters. The Morgan fingerprint density at radius 2 is 1.76 bits per heavy atom. The Labute approximate surface area is 145 Å². The van der Waals surface area contributed by atoms with Crippen molar-refractivity contribution in [3.05, 3.63) is 81.9 Å². The lowest BCUT2D eigenvalue weighted by Crippen LogP contribution is -1.99. The summed E-state index contributed by atoms with van der Waals surface area (Å²) in [6.45, 7) is 0. The summed E-state index contributed by atoms with van der Waals surface area (Å²) in [5.41, 5.74) is 0.850. The smallest absolute Gasteiger partial charge is 0.311 e. The van der Waals surface area contributed by atoms with Gasteiger partial charge in [0.1, 0.15) is 5.75 Å². The van der Waals surface area contributed by atoms with Crippen LogP contribution < -0.4 is 9.47 Å². The minimum Gasteiger partial charge on any atom is -0.496 e. The fourth-order valence-corrected chi connectivity index (χ4v) is 2.19. The van der Waals surface area contributed by atoms with Gasteiger partial charge in [-0.1, -0.05) is 36.4 Å². The van der Waals surface area contributed by atoms with Crippen LogP contribution in [0.2, 0.25) is 0 Å². The number of nitrogens with zero attached hydrogens (tertiary/aromatic N) is 1. The van der Waals surface area contributed by atoms with Crippen molar-refractivity contribution >= 4 is 17.5 Å². The molecule has 0 aliphatic carbocycles. The van der Waals surface area contributed by atoms with Crippen molar-refractivity contribution in [3.63, 3.8) is 0 Å². The second kappa shape index (κ2) is 8.44. The molecular formula is C19H17NO5. The van der Waals surface area contributed by atoms with E-state index in [1.165, 1.54) is 31.4 Å². The van der Waals surface area contributed by atoms with Gasteiger partial charge in [-0.2, -0.15) is 0 Å². The molecule has 25 heavy (non-hydrogen) atoms. The summed E-state index contributed by atoms with van der Waals surface area (Å²) >= 11 is 0. The lowest BCUT2D eigenvalue weighted by atomic mass is 10.1. The quantitative estimate of drug-likeness (QED) is 0.250. The number of hydrogen-bond donors (Lipinski definition) is 0. The van der Waals surface area contributed by atoms with Crippen molar-refractivity contribution in [3.8, 4) is 11.5 Å². The molecule has 0 aliphatic rings. The highest BCUT2D eigenvalue weighted by molar-refractivity contribution is 6.05. The Bertz CT molecular complexity index is 839. The predicted molar refractivity (Wildman–Crippen MR) is 95.1 cm³/mol. The van der Waals surface area contributed by atoms with Crippen LogP contribution in [0, 0.1) is 10.1 Å². The molecule has 128 valence electrons. The number of benzene rings is 2. The molecule has 2 rings (SSSR count). The van der Waals surface area contributed by atoms with Crippen molar-refractivity contribution < 1.29 is 19.2 Å². The molecule has 2 aromatic carbocycles. The van der Waals surface area contributed by atoms with Crippen LogP contribution in [-0.4, -0.2) is 24.9 Å².